The van der Waals surface area contributed by atoms with Crippen LogP contribution < -0.4 is 20.1 Å². The molecule has 194 valence electrons. The third kappa shape index (κ3) is 6.59. The number of nitrogens with zero attached hydrogens (tertiary/aromatic N) is 2. The number of carboxylic acids is 1. The van der Waals surface area contributed by atoms with Crippen LogP contribution in [0.1, 0.15) is 12.8 Å². The summed E-state index contributed by atoms with van der Waals surface area (Å²) in [6, 6.07) is 7.93. The van der Waals surface area contributed by atoms with Gasteiger partial charge in [0.05, 0.1) is 29.8 Å². The Bertz CT molecular complexity index is 1210. The van der Waals surface area contributed by atoms with E-state index in [0.717, 1.165) is 42.4 Å². The number of rotatable bonds is 5. The Morgan fingerprint density at radius 2 is 1.69 bits per heavy atom. The van der Waals surface area contributed by atoms with Gasteiger partial charge in [0.2, 0.25) is 5.95 Å². The largest absolute Gasteiger partial charge is 0.495 e. The Morgan fingerprint density at radius 3 is 2.22 bits per heavy atom. The first-order valence-corrected chi connectivity index (χ1v) is 11.4. The number of nitrogens with one attached hydrogen (secondary N) is 2. The van der Waals surface area contributed by atoms with Crippen LogP contribution in [0.25, 0.3) is 22.0 Å². The molecule has 0 saturated carbocycles. The number of methoxy groups -OCH3 is 2. The molecule has 1 aliphatic rings. The monoisotopic (exact) mass is 546 g/mol. The lowest BCUT2D eigenvalue weighted by Crippen LogP contribution is -2.35. The van der Waals surface area contributed by atoms with E-state index in [1.54, 1.807) is 20.3 Å². The topological polar surface area (TPSA) is 106 Å². The zero-order chi connectivity index (χ0) is 26.5. The molecule has 0 aliphatic carbocycles. The van der Waals surface area contributed by atoms with Crippen molar-refractivity contribution in [2.45, 2.75) is 25.1 Å². The van der Waals surface area contributed by atoms with Crippen LogP contribution in [0, 0.1) is 0 Å². The van der Waals surface area contributed by atoms with E-state index < -0.39 is 12.1 Å². The molecule has 1 aliphatic heterocycles. The number of aromatic nitrogens is 2. The lowest BCUT2D eigenvalue weighted by molar-refractivity contribution is -0.192. The van der Waals surface area contributed by atoms with Crippen molar-refractivity contribution >= 4 is 46.0 Å². The molecule has 3 aromatic rings. The van der Waals surface area contributed by atoms with Crippen LogP contribution in [-0.2, 0) is 4.79 Å². The molecule has 36 heavy (non-hydrogen) atoms. The van der Waals surface area contributed by atoms with Crippen LogP contribution in [0.15, 0.2) is 30.5 Å². The number of alkyl halides is 3. The van der Waals surface area contributed by atoms with Crippen molar-refractivity contribution in [2.75, 3.05) is 32.6 Å². The van der Waals surface area contributed by atoms with Crippen molar-refractivity contribution in [2.24, 2.45) is 0 Å². The molecule has 4 rings (SSSR count). The van der Waals surface area contributed by atoms with Crippen LogP contribution >= 0.6 is 23.2 Å². The highest BCUT2D eigenvalue weighted by molar-refractivity contribution is 6.41. The number of piperidine rings is 1. The Morgan fingerprint density at radius 1 is 1.11 bits per heavy atom. The van der Waals surface area contributed by atoms with E-state index >= 15 is 0 Å². The highest BCUT2D eigenvalue weighted by Gasteiger charge is 2.38. The molecular formula is C23H23Cl2F3N4O4. The number of halogens is 5. The number of fused-ring (bicyclic) bond motifs is 1. The maximum Gasteiger partial charge on any atom is 0.490 e. The molecule has 0 amide bonds. The lowest BCUT2D eigenvalue weighted by Gasteiger charge is -2.23. The van der Waals surface area contributed by atoms with Crippen LogP contribution in [0.3, 0.4) is 0 Å². The standard InChI is InChI=1S/C21H22Cl2N4O2.C2HF3O2/c1-28-16-10-17(29-2)20(23)18(19(16)22)12-3-4-15-13(9-12)11-25-21(27-15)26-14-5-7-24-8-6-14;3-2(4,5)1(6)7/h3-4,9-11,14,24H,5-8H2,1-2H3,(H,25,26,27);(H,6,7). The fourth-order valence-electron chi connectivity index (χ4n) is 3.55. The van der Waals surface area contributed by atoms with Crippen LogP contribution in [0.2, 0.25) is 10.0 Å². The SMILES string of the molecule is COc1cc(OC)c(Cl)c(-c2ccc3nc(NC4CCNCC4)ncc3c2)c1Cl.O=C(O)C(F)(F)F. The van der Waals surface area contributed by atoms with Gasteiger partial charge in [-0.25, -0.2) is 14.8 Å². The summed E-state index contributed by atoms with van der Waals surface area (Å²) >= 11 is 13.1. The molecule has 1 fully saturated rings. The Kier molecular flexibility index (Phi) is 9.04. The lowest BCUT2D eigenvalue weighted by atomic mass is 10.0. The van der Waals surface area contributed by atoms with Crippen LogP contribution in [0.4, 0.5) is 19.1 Å². The molecule has 2 heterocycles. The number of hydrogen-bond acceptors (Lipinski definition) is 7. The van der Waals surface area contributed by atoms with Crippen molar-refractivity contribution in [1.29, 1.82) is 0 Å². The minimum absolute atomic E-state index is 0.398. The number of aliphatic carboxylic acids is 1. The summed E-state index contributed by atoms with van der Waals surface area (Å²) in [6.45, 7) is 2.03. The van der Waals surface area contributed by atoms with Crippen molar-refractivity contribution in [3.05, 3.63) is 40.5 Å². The Labute approximate surface area is 214 Å². The number of ether oxygens (including phenoxy) is 2. The average Bonchev–Trinajstić information content (AvgIpc) is 2.85. The third-order valence-corrected chi connectivity index (χ3v) is 6.11. The average molecular weight is 547 g/mol. The number of anilines is 1. The van der Waals surface area contributed by atoms with E-state index in [2.05, 4.69) is 20.6 Å². The molecule has 3 N–H and O–H groups in total. The van der Waals surface area contributed by atoms with Gasteiger partial charge in [0.1, 0.15) is 11.5 Å². The maximum atomic E-state index is 10.6. The zero-order valence-corrected chi connectivity index (χ0v) is 20.8. The van der Waals surface area contributed by atoms with Gasteiger partial charge in [0.15, 0.2) is 0 Å². The van der Waals surface area contributed by atoms with Gasteiger partial charge >= 0.3 is 12.1 Å². The smallest absolute Gasteiger partial charge is 0.490 e. The molecule has 0 unspecified atom stereocenters. The van der Waals surface area contributed by atoms with Gasteiger partial charge in [-0.2, -0.15) is 13.2 Å². The van der Waals surface area contributed by atoms with Gasteiger partial charge in [-0.1, -0.05) is 29.3 Å². The van der Waals surface area contributed by atoms with E-state index in [1.807, 2.05) is 24.4 Å². The summed E-state index contributed by atoms with van der Waals surface area (Å²) in [7, 11) is 3.12. The van der Waals surface area contributed by atoms with E-state index in [9.17, 15) is 13.2 Å². The fourth-order valence-corrected chi connectivity index (χ4v) is 4.27. The maximum absolute atomic E-state index is 10.6. The van der Waals surface area contributed by atoms with Gasteiger partial charge in [-0.15, -0.1) is 0 Å². The molecule has 0 radical (unpaired) electrons. The van der Waals surface area contributed by atoms with Gasteiger partial charge in [-0.3, -0.25) is 0 Å². The minimum Gasteiger partial charge on any atom is -0.495 e. The quantitative estimate of drug-likeness (QED) is 0.389. The molecular weight excluding hydrogens is 524 g/mol. The second-order valence-corrected chi connectivity index (χ2v) is 8.48. The molecule has 0 spiro atoms. The third-order valence-electron chi connectivity index (χ3n) is 5.36. The number of hydrogen-bond donors (Lipinski definition) is 3. The van der Waals surface area contributed by atoms with Crippen molar-refractivity contribution in [1.82, 2.24) is 15.3 Å². The first-order valence-electron chi connectivity index (χ1n) is 10.7. The fraction of sp³-hybridized carbons (Fsp3) is 0.348. The molecule has 13 heteroatoms. The van der Waals surface area contributed by atoms with E-state index in [1.165, 1.54) is 0 Å². The predicted molar refractivity (Wildman–Crippen MR) is 131 cm³/mol. The number of benzene rings is 2. The minimum atomic E-state index is -5.08. The first-order chi connectivity index (χ1) is 17.0. The summed E-state index contributed by atoms with van der Waals surface area (Å²) in [5.74, 6) is -1.11. The van der Waals surface area contributed by atoms with Crippen LogP contribution in [0.5, 0.6) is 11.5 Å². The van der Waals surface area contributed by atoms with Crippen molar-refractivity contribution in [3.8, 4) is 22.6 Å². The van der Waals surface area contributed by atoms with E-state index in [0.29, 0.717) is 39.1 Å². The second-order valence-electron chi connectivity index (χ2n) is 7.72. The number of carboxylic acid groups (broad SMARTS) is 1. The van der Waals surface area contributed by atoms with Crippen molar-refractivity contribution in [3.63, 3.8) is 0 Å². The zero-order valence-electron chi connectivity index (χ0n) is 19.2. The van der Waals surface area contributed by atoms with Gasteiger partial charge in [0, 0.05) is 29.3 Å². The molecule has 8 nitrogen and oxygen atoms in total. The van der Waals surface area contributed by atoms with Gasteiger partial charge in [0.25, 0.3) is 0 Å². The van der Waals surface area contributed by atoms with E-state index in [-0.39, 0.29) is 0 Å². The summed E-state index contributed by atoms with van der Waals surface area (Å²) in [5.41, 5.74) is 2.35. The van der Waals surface area contributed by atoms with Crippen LogP contribution in [-0.4, -0.2) is 60.6 Å². The number of carbonyl (C=O) groups is 1. The summed E-state index contributed by atoms with van der Waals surface area (Å²) in [4.78, 5) is 18.0. The normalized spacial score (nSPS) is 14.1. The molecule has 1 saturated heterocycles. The Hall–Kier alpha value is -3.02. The predicted octanol–water partition coefficient (Wildman–Crippen LogP) is 5.42. The Balaban J connectivity index is 0.000000454. The van der Waals surface area contributed by atoms with Gasteiger partial charge < -0.3 is 25.2 Å². The second kappa shape index (κ2) is 11.8. The highest BCUT2D eigenvalue weighted by atomic mass is 35.5. The van der Waals surface area contributed by atoms with Crippen molar-refractivity contribution < 1.29 is 32.5 Å². The summed E-state index contributed by atoms with van der Waals surface area (Å²) in [6.07, 6.45) is -1.14. The molecule has 1 aromatic heterocycles. The summed E-state index contributed by atoms with van der Waals surface area (Å²) in [5, 5.41) is 15.7. The first kappa shape index (κ1) is 27.6. The molecule has 2 aromatic carbocycles. The molecule has 0 bridgehead atoms. The summed E-state index contributed by atoms with van der Waals surface area (Å²) < 4.78 is 42.5. The van der Waals surface area contributed by atoms with Gasteiger partial charge in [-0.05, 0) is 43.6 Å². The highest BCUT2D eigenvalue weighted by Crippen LogP contribution is 2.46. The molecule has 0 atom stereocenters. The van der Waals surface area contributed by atoms with E-state index in [4.69, 9.17) is 42.6 Å².